The van der Waals surface area contributed by atoms with Gasteiger partial charge in [-0.25, -0.2) is 0 Å². The Labute approximate surface area is 87.8 Å². The highest BCUT2D eigenvalue weighted by Crippen LogP contribution is 2.18. The summed E-state index contributed by atoms with van der Waals surface area (Å²) >= 11 is 0. The van der Waals surface area contributed by atoms with Gasteiger partial charge in [-0.05, 0) is 19.1 Å². The van der Waals surface area contributed by atoms with Gasteiger partial charge in [-0.15, -0.1) is 0 Å². The van der Waals surface area contributed by atoms with Crippen LogP contribution in [0.5, 0.6) is 0 Å². The predicted octanol–water partition coefficient (Wildman–Crippen LogP) is 1.84. The van der Waals surface area contributed by atoms with Crippen LogP contribution in [0.1, 0.15) is 12.5 Å². The number of rotatable bonds is 2. The molecule has 0 fully saturated rings. The van der Waals surface area contributed by atoms with Crippen LogP contribution < -0.4 is 0 Å². The molecule has 74 valence electrons. The highest BCUT2D eigenvalue weighted by atomic mass is 15.3. The third-order valence-electron chi connectivity index (χ3n) is 2.11. The van der Waals surface area contributed by atoms with Crippen molar-refractivity contribution in [3.05, 3.63) is 36.2 Å². The first kappa shape index (κ1) is 9.41. The van der Waals surface area contributed by atoms with E-state index in [9.17, 15) is 0 Å². The molecule has 2 rings (SSSR count). The van der Waals surface area contributed by atoms with Gasteiger partial charge in [-0.1, -0.05) is 6.07 Å². The molecule has 0 aromatic carbocycles. The number of pyridine rings is 1. The van der Waals surface area contributed by atoms with Crippen LogP contribution in [-0.4, -0.2) is 14.8 Å². The summed E-state index contributed by atoms with van der Waals surface area (Å²) in [4.78, 5) is 4.18. The molecular weight excluding hydrogens is 188 g/mol. The first-order chi connectivity index (χ1) is 7.35. The molecule has 2 aromatic rings. The molecule has 2 heterocycles. The van der Waals surface area contributed by atoms with Crippen molar-refractivity contribution in [2.45, 2.75) is 13.5 Å². The fraction of sp³-hybridized carbons (Fsp3) is 0.182. The maximum Gasteiger partial charge on any atom is 0.128 e. The van der Waals surface area contributed by atoms with Gasteiger partial charge in [0.2, 0.25) is 0 Å². The number of nitrogens with zero attached hydrogens (tertiary/aromatic N) is 4. The van der Waals surface area contributed by atoms with Crippen molar-refractivity contribution in [3.8, 4) is 17.5 Å². The van der Waals surface area contributed by atoms with E-state index in [0.29, 0.717) is 11.3 Å². The minimum atomic E-state index is 0.565. The van der Waals surface area contributed by atoms with Gasteiger partial charge in [0, 0.05) is 18.9 Å². The highest BCUT2D eigenvalue weighted by Gasteiger charge is 2.10. The van der Waals surface area contributed by atoms with E-state index in [1.807, 2.05) is 25.1 Å². The average molecular weight is 198 g/mol. The van der Waals surface area contributed by atoms with Gasteiger partial charge < -0.3 is 0 Å². The van der Waals surface area contributed by atoms with Crippen LogP contribution in [0.3, 0.4) is 0 Å². The summed E-state index contributed by atoms with van der Waals surface area (Å²) in [7, 11) is 0. The molecule has 2 aromatic heterocycles. The van der Waals surface area contributed by atoms with Crippen molar-refractivity contribution in [2.24, 2.45) is 0 Å². The monoisotopic (exact) mass is 198 g/mol. The Morgan fingerprint density at radius 1 is 1.47 bits per heavy atom. The molecule has 0 aliphatic rings. The average Bonchev–Trinajstić information content (AvgIpc) is 2.73. The summed E-state index contributed by atoms with van der Waals surface area (Å²) in [5.41, 5.74) is 1.96. The van der Waals surface area contributed by atoms with Gasteiger partial charge in [0.05, 0.1) is 11.3 Å². The molecule has 0 radical (unpaired) electrons. The van der Waals surface area contributed by atoms with Gasteiger partial charge in [0.1, 0.15) is 11.8 Å². The highest BCUT2D eigenvalue weighted by molar-refractivity contribution is 5.61. The van der Waals surface area contributed by atoms with E-state index >= 15 is 0 Å². The van der Waals surface area contributed by atoms with Crippen molar-refractivity contribution in [1.82, 2.24) is 14.8 Å². The number of hydrogen-bond donors (Lipinski definition) is 0. The minimum absolute atomic E-state index is 0.565. The summed E-state index contributed by atoms with van der Waals surface area (Å²) in [5.74, 6) is 0. The van der Waals surface area contributed by atoms with E-state index < -0.39 is 0 Å². The molecule has 4 heteroatoms. The lowest BCUT2D eigenvalue weighted by molar-refractivity contribution is 0.661. The summed E-state index contributed by atoms with van der Waals surface area (Å²) in [6, 6.07) is 7.70. The second kappa shape index (κ2) is 3.93. The van der Waals surface area contributed by atoms with E-state index in [1.54, 1.807) is 17.1 Å². The number of hydrogen-bond acceptors (Lipinski definition) is 3. The van der Waals surface area contributed by atoms with Gasteiger partial charge in [0.15, 0.2) is 0 Å². The zero-order valence-electron chi connectivity index (χ0n) is 8.38. The van der Waals surface area contributed by atoms with Crippen molar-refractivity contribution >= 4 is 0 Å². The summed E-state index contributed by atoms with van der Waals surface area (Å²) < 4.78 is 1.74. The fourth-order valence-electron chi connectivity index (χ4n) is 1.36. The second-order valence-electron chi connectivity index (χ2n) is 3.07. The van der Waals surface area contributed by atoms with Crippen molar-refractivity contribution < 1.29 is 0 Å². The van der Waals surface area contributed by atoms with Gasteiger partial charge in [-0.2, -0.15) is 10.4 Å². The number of aryl methyl sites for hydroxylation is 1. The Balaban J connectivity index is 2.53. The molecule has 0 N–H and O–H groups in total. The van der Waals surface area contributed by atoms with Gasteiger partial charge in [-0.3, -0.25) is 9.67 Å². The Hall–Kier alpha value is -2.15. The van der Waals surface area contributed by atoms with E-state index in [0.717, 1.165) is 12.2 Å². The molecular formula is C11H10N4. The Morgan fingerprint density at radius 2 is 2.33 bits per heavy atom. The number of nitriles is 1. The normalized spacial score (nSPS) is 9.87. The first-order valence-corrected chi connectivity index (χ1v) is 4.74. The zero-order chi connectivity index (χ0) is 10.7. The molecule has 0 saturated carbocycles. The molecule has 0 amide bonds. The molecule has 0 unspecified atom stereocenters. The Bertz CT molecular complexity index is 493. The number of aromatic nitrogens is 3. The summed E-state index contributed by atoms with van der Waals surface area (Å²) in [6.07, 6.45) is 3.44. The summed E-state index contributed by atoms with van der Waals surface area (Å²) in [5, 5.41) is 13.3. The minimum Gasteiger partial charge on any atom is -0.271 e. The predicted molar refractivity (Wildman–Crippen MR) is 55.8 cm³/mol. The molecule has 0 bridgehead atoms. The smallest absolute Gasteiger partial charge is 0.128 e. The molecule has 0 spiro atoms. The van der Waals surface area contributed by atoms with Crippen LogP contribution in [0.2, 0.25) is 0 Å². The van der Waals surface area contributed by atoms with Crippen LogP contribution in [0, 0.1) is 11.3 Å². The molecule has 4 nitrogen and oxygen atoms in total. The lowest BCUT2D eigenvalue weighted by Crippen LogP contribution is -1.94. The van der Waals surface area contributed by atoms with E-state index in [-0.39, 0.29) is 0 Å². The lowest BCUT2D eigenvalue weighted by Gasteiger charge is -1.95. The maximum absolute atomic E-state index is 8.96. The van der Waals surface area contributed by atoms with Crippen LogP contribution in [0.25, 0.3) is 11.4 Å². The third-order valence-corrected chi connectivity index (χ3v) is 2.11. The van der Waals surface area contributed by atoms with Crippen LogP contribution in [0.4, 0.5) is 0 Å². The van der Waals surface area contributed by atoms with Crippen molar-refractivity contribution in [2.75, 3.05) is 0 Å². The van der Waals surface area contributed by atoms with Gasteiger partial charge >= 0.3 is 0 Å². The van der Waals surface area contributed by atoms with E-state index in [1.165, 1.54) is 0 Å². The molecule has 15 heavy (non-hydrogen) atoms. The van der Waals surface area contributed by atoms with Gasteiger partial charge in [0.25, 0.3) is 0 Å². The zero-order valence-corrected chi connectivity index (χ0v) is 8.38. The largest absolute Gasteiger partial charge is 0.271 e. The first-order valence-electron chi connectivity index (χ1n) is 4.74. The Kier molecular flexibility index (Phi) is 2.46. The lowest BCUT2D eigenvalue weighted by atomic mass is 10.2. The fourth-order valence-corrected chi connectivity index (χ4v) is 1.36. The molecule has 0 saturated heterocycles. The summed E-state index contributed by atoms with van der Waals surface area (Å²) in [6.45, 7) is 2.73. The molecule has 0 atom stereocenters. The van der Waals surface area contributed by atoms with Crippen molar-refractivity contribution in [3.63, 3.8) is 0 Å². The Morgan fingerprint density at radius 3 is 2.93 bits per heavy atom. The molecule has 0 aliphatic heterocycles. The second-order valence-corrected chi connectivity index (χ2v) is 3.07. The topological polar surface area (TPSA) is 54.5 Å². The van der Waals surface area contributed by atoms with Crippen LogP contribution in [0.15, 0.2) is 30.6 Å². The standard InChI is InChI=1S/C11H10N4/c1-2-15-8-9(7-12)11(14-15)10-5-3-4-6-13-10/h3-6,8H,2H2,1H3. The third kappa shape index (κ3) is 1.72. The maximum atomic E-state index is 8.96. The van der Waals surface area contributed by atoms with Crippen LogP contribution >= 0.6 is 0 Å². The van der Waals surface area contributed by atoms with Crippen molar-refractivity contribution in [1.29, 1.82) is 5.26 Å². The van der Waals surface area contributed by atoms with Crippen LogP contribution in [-0.2, 0) is 6.54 Å². The molecule has 0 aliphatic carbocycles. The SMILES string of the molecule is CCn1cc(C#N)c(-c2ccccn2)n1. The van der Waals surface area contributed by atoms with E-state index in [4.69, 9.17) is 5.26 Å². The van der Waals surface area contributed by atoms with E-state index in [2.05, 4.69) is 16.2 Å². The quantitative estimate of drug-likeness (QED) is 0.739.